The van der Waals surface area contributed by atoms with Gasteiger partial charge in [0, 0.05) is 0 Å². The molecule has 7 nitrogen and oxygen atoms in total. The molecule has 1 rings (SSSR count). The number of carbonyl (C=O) groups excluding carboxylic acids is 2. The number of hydrogen-bond donors (Lipinski definition) is 1. The van der Waals surface area contributed by atoms with Gasteiger partial charge in [0.25, 0.3) is 0 Å². The van der Waals surface area contributed by atoms with Gasteiger partial charge in [-0.1, -0.05) is 0 Å². The van der Waals surface area contributed by atoms with Crippen molar-refractivity contribution >= 4 is 51.1 Å². The molecule has 1 aromatic rings. The van der Waals surface area contributed by atoms with Crippen molar-refractivity contribution in [3.63, 3.8) is 0 Å². The Labute approximate surface area is 141 Å². The normalized spacial score (nSPS) is 10.0. The molecule has 1 heterocycles. The SMILES string of the molecule is CCOC(=O)c1nc(N(C(=O)OCC)C(N)=S)c(Br)cc1C. The molecule has 0 saturated carbocycles. The molecule has 0 bridgehead atoms. The quantitative estimate of drug-likeness (QED) is 0.624. The second kappa shape index (κ2) is 8.04. The second-order valence-electron chi connectivity index (χ2n) is 4.05. The van der Waals surface area contributed by atoms with Gasteiger partial charge in [-0.25, -0.2) is 19.5 Å². The van der Waals surface area contributed by atoms with Gasteiger partial charge in [0.1, 0.15) is 0 Å². The topological polar surface area (TPSA) is 94.8 Å². The highest BCUT2D eigenvalue weighted by Crippen LogP contribution is 2.27. The van der Waals surface area contributed by atoms with E-state index >= 15 is 0 Å². The van der Waals surface area contributed by atoms with Gasteiger partial charge < -0.3 is 15.2 Å². The van der Waals surface area contributed by atoms with E-state index in [0.717, 1.165) is 4.90 Å². The molecule has 0 fully saturated rings. The molecule has 2 N–H and O–H groups in total. The summed E-state index contributed by atoms with van der Waals surface area (Å²) in [6, 6.07) is 1.62. The van der Waals surface area contributed by atoms with Crippen molar-refractivity contribution in [3.8, 4) is 0 Å². The molecule has 22 heavy (non-hydrogen) atoms. The van der Waals surface area contributed by atoms with Gasteiger partial charge in [-0.05, 0) is 60.5 Å². The Morgan fingerprint density at radius 3 is 2.45 bits per heavy atom. The van der Waals surface area contributed by atoms with Crippen LogP contribution in [0.2, 0.25) is 0 Å². The Morgan fingerprint density at radius 1 is 1.36 bits per heavy atom. The van der Waals surface area contributed by atoms with Crippen molar-refractivity contribution in [1.29, 1.82) is 0 Å². The zero-order valence-corrected chi connectivity index (χ0v) is 14.8. The van der Waals surface area contributed by atoms with E-state index in [0.29, 0.717) is 10.0 Å². The fourth-order valence-corrected chi connectivity index (χ4v) is 2.37. The van der Waals surface area contributed by atoms with Crippen LogP contribution >= 0.6 is 28.1 Å². The van der Waals surface area contributed by atoms with Crippen molar-refractivity contribution in [3.05, 3.63) is 21.8 Å². The summed E-state index contributed by atoms with van der Waals surface area (Å²) in [5.41, 5.74) is 6.23. The summed E-state index contributed by atoms with van der Waals surface area (Å²) in [6.45, 7) is 5.39. The lowest BCUT2D eigenvalue weighted by atomic mass is 10.2. The lowest BCUT2D eigenvalue weighted by molar-refractivity contribution is 0.0518. The molecule has 0 spiro atoms. The third-order valence-electron chi connectivity index (χ3n) is 2.50. The summed E-state index contributed by atoms with van der Waals surface area (Å²) >= 11 is 8.15. The van der Waals surface area contributed by atoms with E-state index in [4.69, 9.17) is 27.4 Å². The predicted octanol–water partition coefficient (Wildman–Crippen LogP) is 2.54. The van der Waals surface area contributed by atoms with Crippen LogP contribution in [0.5, 0.6) is 0 Å². The molecule has 0 atom stereocenters. The van der Waals surface area contributed by atoms with Crippen molar-refractivity contribution in [1.82, 2.24) is 4.98 Å². The van der Waals surface area contributed by atoms with Crippen LogP contribution in [0.3, 0.4) is 0 Å². The first-order valence-electron chi connectivity index (χ1n) is 6.44. The number of nitrogens with two attached hydrogens (primary N) is 1. The number of aryl methyl sites for hydroxylation is 1. The lowest BCUT2D eigenvalue weighted by Crippen LogP contribution is -2.42. The van der Waals surface area contributed by atoms with Crippen LogP contribution in [0.25, 0.3) is 0 Å². The maximum Gasteiger partial charge on any atom is 0.422 e. The molecule has 120 valence electrons. The number of halogens is 1. The summed E-state index contributed by atoms with van der Waals surface area (Å²) in [4.78, 5) is 29.0. The molecule has 0 aromatic carbocycles. The molecule has 0 radical (unpaired) electrons. The number of amides is 1. The molecule has 9 heteroatoms. The monoisotopic (exact) mass is 389 g/mol. The highest BCUT2D eigenvalue weighted by molar-refractivity contribution is 9.10. The smallest absolute Gasteiger partial charge is 0.422 e. The Kier molecular flexibility index (Phi) is 6.69. The molecule has 1 aromatic heterocycles. The van der Waals surface area contributed by atoms with Gasteiger partial charge in [-0.3, -0.25) is 0 Å². The highest BCUT2D eigenvalue weighted by atomic mass is 79.9. The number of nitrogens with zero attached hydrogens (tertiary/aromatic N) is 2. The standard InChI is InChI=1S/C13H16BrN3O4S/c1-4-20-11(18)9-7(3)6-8(14)10(16-9)17(12(15)22)13(19)21-5-2/h6H,4-5H2,1-3H3,(H2,15,22). The van der Waals surface area contributed by atoms with Gasteiger partial charge in [0.15, 0.2) is 16.6 Å². The average molecular weight is 390 g/mol. The highest BCUT2D eigenvalue weighted by Gasteiger charge is 2.26. The number of pyridine rings is 1. The van der Waals surface area contributed by atoms with E-state index in [-0.39, 0.29) is 29.8 Å². The minimum Gasteiger partial charge on any atom is -0.461 e. The second-order valence-corrected chi connectivity index (χ2v) is 5.32. The number of rotatable bonds is 4. The Hall–Kier alpha value is -1.74. The van der Waals surface area contributed by atoms with Crippen LogP contribution in [0.4, 0.5) is 10.6 Å². The van der Waals surface area contributed by atoms with Crippen molar-refractivity contribution in [2.75, 3.05) is 18.1 Å². The lowest BCUT2D eigenvalue weighted by Gasteiger charge is -2.21. The van der Waals surface area contributed by atoms with Crippen LogP contribution in [-0.2, 0) is 9.47 Å². The molecule has 1 amide bonds. The molecule has 0 aliphatic carbocycles. The number of ether oxygens (including phenoxy) is 2. The fraction of sp³-hybridized carbons (Fsp3) is 0.385. The molecule has 0 unspecified atom stereocenters. The van der Waals surface area contributed by atoms with Crippen LogP contribution in [-0.4, -0.2) is 35.4 Å². The van der Waals surface area contributed by atoms with Crippen LogP contribution in [0, 0.1) is 6.92 Å². The minimum absolute atomic E-state index is 0.0691. The predicted molar refractivity (Wildman–Crippen MR) is 88.9 cm³/mol. The van der Waals surface area contributed by atoms with E-state index < -0.39 is 12.1 Å². The summed E-state index contributed by atoms with van der Waals surface area (Å²) in [7, 11) is 0. The maximum atomic E-state index is 12.0. The average Bonchev–Trinajstić information content (AvgIpc) is 2.41. The minimum atomic E-state index is -0.776. The van der Waals surface area contributed by atoms with Crippen molar-refractivity contribution in [2.24, 2.45) is 5.73 Å². The van der Waals surface area contributed by atoms with Gasteiger partial charge in [-0.15, -0.1) is 0 Å². The first kappa shape index (κ1) is 18.3. The van der Waals surface area contributed by atoms with Gasteiger partial charge >= 0.3 is 12.1 Å². The van der Waals surface area contributed by atoms with E-state index in [1.165, 1.54) is 0 Å². The molecular formula is C13H16BrN3O4S. The van der Waals surface area contributed by atoms with Gasteiger partial charge in [0.05, 0.1) is 17.7 Å². The van der Waals surface area contributed by atoms with Gasteiger partial charge in [0.2, 0.25) is 0 Å². The van der Waals surface area contributed by atoms with E-state index in [1.54, 1.807) is 26.8 Å². The van der Waals surface area contributed by atoms with Crippen LogP contribution < -0.4 is 10.6 Å². The van der Waals surface area contributed by atoms with Crippen LogP contribution in [0.1, 0.15) is 29.9 Å². The Bertz CT molecular complexity index is 609. The number of hydrogen-bond acceptors (Lipinski definition) is 6. The Morgan fingerprint density at radius 2 is 1.95 bits per heavy atom. The first-order valence-corrected chi connectivity index (χ1v) is 7.64. The van der Waals surface area contributed by atoms with Gasteiger partial charge in [-0.2, -0.15) is 0 Å². The largest absolute Gasteiger partial charge is 0.461 e. The number of carbonyl (C=O) groups is 2. The number of aromatic nitrogens is 1. The zero-order valence-electron chi connectivity index (χ0n) is 12.4. The third kappa shape index (κ3) is 4.14. The third-order valence-corrected chi connectivity index (χ3v) is 3.27. The number of thiocarbonyl (C=S) groups is 1. The maximum absolute atomic E-state index is 12.0. The summed E-state index contributed by atoms with van der Waals surface area (Å²) in [5.74, 6) is -0.528. The number of anilines is 1. The van der Waals surface area contributed by atoms with E-state index in [2.05, 4.69) is 20.9 Å². The van der Waals surface area contributed by atoms with Crippen LogP contribution in [0.15, 0.2) is 10.5 Å². The van der Waals surface area contributed by atoms with Crippen molar-refractivity contribution < 1.29 is 19.1 Å². The number of esters is 1. The zero-order chi connectivity index (χ0) is 16.9. The molecule has 0 saturated heterocycles. The van der Waals surface area contributed by atoms with Crippen molar-refractivity contribution in [2.45, 2.75) is 20.8 Å². The summed E-state index contributed by atoms with van der Waals surface area (Å²) < 4.78 is 10.3. The first-order chi connectivity index (χ1) is 10.3. The molecular weight excluding hydrogens is 374 g/mol. The summed E-state index contributed by atoms with van der Waals surface area (Å²) in [5, 5.41) is -0.245. The molecule has 0 aliphatic rings. The van der Waals surface area contributed by atoms with E-state index in [9.17, 15) is 9.59 Å². The Balaban J connectivity index is 3.37. The molecule has 0 aliphatic heterocycles. The fourth-order valence-electron chi connectivity index (χ4n) is 1.60. The van der Waals surface area contributed by atoms with E-state index in [1.807, 2.05) is 0 Å². The summed E-state index contributed by atoms with van der Waals surface area (Å²) in [6.07, 6.45) is -0.776.